The number of rotatable bonds is 6. The smallest absolute Gasteiger partial charge is 0.321 e. The maximum absolute atomic E-state index is 12.4. The van der Waals surface area contributed by atoms with Gasteiger partial charge in [0.1, 0.15) is 0 Å². The number of benzene rings is 1. The molecule has 1 heterocycles. The van der Waals surface area contributed by atoms with Gasteiger partial charge in [-0.25, -0.2) is 4.79 Å². The number of likely N-dealkylation sites (N-methyl/N-ethyl adjacent to an activating group) is 1. The summed E-state index contributed by atoms with van der Waals surface area (Å²) < 4.78 is 0. The second-order valence-corrected chi connectivity index (χ2v) is 7.19. The van der Waals surface area contributed by atoms with Crippen LogP contribution in [0, 0.1) is 5.92 Å². The molecule has 1 atom stereocenters. The van der Waals surface area contributed by atoms with Gasteiger partial charge in [0, 0.05) is 25.3 Å². The zero-order chi connectivity index (χ0) is 18.4. The van der Waals surface area contributed by atoms with Gasteiger partial charge in [0.15, 0.2) is 0 Å². The lowest BCUT2D eigenvalue weighted by molar-refractivity contribution is -0.127. The lowest BCUT2D eigenvalue weighted by Gasteiger charge is -2.26. The van der Waals surface area contributed by atoms with Gasteiger partial charge in [-0.15, -0.1) is 0 Å². The molecule has 2 rings (SSSR count). The first-order valence-electron chi connectivity index (χ1n) is 8.97. The molecule has 0 spiro atoms. The minimum Gasteiger partial charge on any atom is -0.351 e. The summed E-state index contributed by atoms with van der Waals surface area (Å²) in [6, 6.07) is 7.42. The van der Waals surface area contributed by atoms with Gasteiger partial charge in [-0.05, 0) is 50.6 Å². The van der Waals surface area contributed by atoms with Crippen LogP contribution in [0.15, 0.2) is 24.3 Å². The number of urea groups is 1. The van der Waals surface area contributed by atoms with E-state index in [0.29, 0.717) is 6.54 Å². The third-order valence-electron chi connectivity index (χ3n) is 4.49. The summed E-state index contributed by atoms with van der Waals surface area (Å²) in [5.74, 6) is 0.257. The Morgan fingerprint density at radius 1 is 1.20 bits per heavy atom. The van der Waals surface area contributed by atoms with Crippen molar-refractivity contribution in [2.24, 2.45) is 5.92 Å². The Morgan fingerprint density at radius 3 is 2.48 bits per heavy atom. The van der Waals surface area contributed by atoms with Crippen LogP contribution in [-0.4, -0.2) is 55.0 Å². The monoisotopic (exact) mass is 346 g/mol. The molecule has 0 saturated carbocycles. The molecule has 0 bridgehead atoms. The summed E-state index contributed by atoms with van der Waals surface area (Å²) in [4.78, 5) is 28.3. The number of likely N-dealkylation sites (tertiary alicyclic amines) is 1. The summed E-state index contributed by atoms with van der Waals surface area (Å²) in [5, 5.41) is 5.93. The zero-order valence-electron chi connectivity index (χ0n) is 15.7. The van der Waals surface area contributed by atoms with Crippen molar-refractivity contribution >= 4 is 17.6 Å². The van der Waals surface area contributed by atoms with Gasteiger partial charge in [0.05, 0.1) is 6.04 Å². The highest BCUT2D eigenvalue weighted by Gasteiger charge is 2.23. The van der Waals surface area contributed by atoms with E-state index in [1.54, 1.807) is 0 Å². The van der Waals surface area contributed by atoms with Gasteiger partial charge in [-0.2, -0.15) is 0 Å². The maximum Gasteiger partial charge on any atom is 0.321 e. The molecule has 1 aromatic rings. The van der Waals surface area contributed by atoms with Crippen LogP contribution in [0.25, 0.3) is 0 Å². The fraction of sp³-hybridized carbons (Fsp3) is 0.579. The Bertz CT molecular complexity index is 587. The second-order valence-electron chi connectivity index (χ2n) is 7.19. The first-order valence-corrected chi connectivity index (χ1v) is 8.97. The van der Waals surface area contributed by atoms with Crippen molar-refractivity contribution in [3.05, 3.63) is 29.8 Å². The molecule has 6 heteroatoms. The lowest BCUT2D eigenvalue weighted by Crippen LogP contribution is -2.46. The first kappa shape index (κ1) is 19.2. The van der Waals surface area contributed by atoms with Crippen molar-refractivity contribution in [2.75, 3.05) is 32.5 Å². The van der Waals surface area contributed by atoms with E-state index >= 15 is 0 Å². The second kappa shape index (κ2) is 8.85. The number of nitrogens with zero attached hydrogens (tertiary/aromatic N) is 2. The minimum atomic E-state index is -0.155. The number of anilines is 1. The molecule has 1 aliphatic rings. The normalized spacial score (nSPS) is 15.5. The highest BCUT2D eigenvalue weighted by atomic mass is 16.2. The van der Waals surface area contributed by atoms with Crippen LogP contribution in [-0.2, 0) is 11.3 Å². The van der Waals surface area contributed by atoms with Crippen molar-refractivity contribution in [3.8, 4) is 0 Å². The third kappa shape index (κ3) is 5.46. The van der Waals surface area contributed by atoms with Crippen LogP contribution in [0.5, 0.6) is 0 Å². The van der Waals surface area contributed by atoms with Gasteiger partial charge in [0.25, 0.3) is 0 Å². The van der Waals surface area contributed by atoms with Crippen molar-refractivity contribution < 1.29 is 9.59 Å². The molecule has 1 aromatic carbocycles. The Kier molecular flexibility index (Phi) is 6.82. The van der Waals surface area contributed by atoms with E-state index in [-0.39, 0.29) is 23.9 Å². The molecule has 138 valence electrons. The molecule has 3 amide bonds. The largest absolute Gasteiger partial charge is 0.351 e. The van der Waals surface area contributed by atoms with Crippen LogP contribution in [0.3, 0.4) is 0 Å². The predicted molar refractivity (Wildman–Crippen MR) is 100 cm³/mol. The van der Waals surface area contributed by atoms with E-state index < -0.39 is 0 Å². The summed E-state index contributed by atoms with van der Waals surface area (Å²) in [6.07, 6.45) is 2.14. The SMILES string of the molecule is CC(C)C(C(=O)NCc1cccc(NC(=O)N2CCCC2)c1)N(C)C. The molecule has 0 radical (unpaired) electrons. The average Bonchev–Trinajstić information content (AvgIpc) is 3.07. The summed E-state index contributed by atoms with van der Waals surface area (Å²) in [6.45, 7) is 6.17. The summed E-state index contributed by atoms with van der Waals surface area (Å²) >= 11 is 0. The van der Waals surface area contributed by atoms with Crippen LogP contribution in [0.4, 0.5) is 10.5 Å². The van der Waals surface area contributed by atoms with Crippen LogP contribution in [0.2, 0.25) is 0 Å². The first-order chi connectivity index (χ1) is 11.9. The van der Waals surface area contributed by atoms with E-state index in [0.717, 1.165) is 37.2 Å². The van der Waals surface area contributed by atoms with E-state index in [1.165, 1.54) is 0 Å². The number of carbonyl (C=O) groups excluding carboxylic acids is 2. The quantitative estimate of drug-likeness (QED) is 0.832. The maximum atomic E-state index is 12.4. The highest BCUT2D eigenvalue weighted by Crippen LogP contribution is 2.14. The molecule has 6 nitrogen and oxygen atoms in total. The van der Waals surface area contributed by atoms with Crippen LogP contribution in [0.1, 0.15) is 32.3 Å². The Labute approximate surface area is 150 Å². The molecule has 0 aliphatic carbocycles. The Hall–Kier alpha value is -2.08. The topological polar surface area (TPSA) is 64.7 Å². The molecule has 1 unspecified atom stereocenters. The van der Waals surface area contributed by atoms with E-state index in [4.69, 9.17) is 0 Å². The summed E-state index contributed by atoms with van der Waals surface area (Å²) in [5.41, 5.74) is 1.73. The Morgan fingerprint density at radius 2 is 1.88 bits per heavy atom. The third-order valence-corrected chi connectivity index (χ3v) is 4.49. The fourth-order valence-electron chi connectivity index (χ4n) is 3.31. The lowest BCUT2D eigenvalue weighted by atomic mass is 10.0. The van der Waals surface area contributed by atoms with Gasteiger partial charge in [-0.1, -0.05) is 26.0 Å². The van der Waals surface area contributed by atoms with Gasteiger partial charge < -0.3 is 15.5 Å². The number of nitrogens with one attached hydrogen (secondary N) is 2. The molecule has 25 heavy (non-hydrogen) atoms. The molecule has 1 aliphatic heterocycles. The predicted octanol–water partition coefficient (Wildman–Crippen LogP) is 2.52. The fourth-order valence-corrected chi connectivity index (χ4v) is 3.31. The number of carbonyl (C=O) groups is 2. The van der Waals surface area contributed by atoms with Crippen LogP contribution < -0.4 is 10.6 Å². The van der Waals surface area contributed by atoms with Crippen molar-refractivity contribution in [2.45, 2.75) is 39.3 Å². The standard InChI is InChI=1S/C19H30N4O2/c1-14(2)17(22(3)4)18(24)20-13-15-8-7-9-16(12-15)21-19(25)23-10-5-6-11-23/h7-9,12,14,17H,5-6,10-11,13H2,1-4H3,(H,20,24)(H,21,25). The average molecular weight is 346 g/mol. The van der Waals surface area contributed by atoms with E-state index in [9.17, 15) is 9.59 Å². The van der Waals surface area contributed by atoms with Gasteiger partial charge >= 0.3 is 6.03 Å². The molecule has 1 saturated heterocycles. The molecular weight excluding hydrogens is 316 g/mol. The zero-order valence-corrected chi connectivity index (χ0v) is 15.7. The molecule has 0 aromatic heterocycles. The molecule has 1 fully saturated rings. The number of amides is 3. The van der Waals surface area contributed by atoms with Crippen molar-refractivity contribution in [1.82, 2.24) is 15.1 Å². The van der Waals surface area contributed by atoms with Crippen molar-refractivity contribution in [3.63, 3.8) is 0 Å². The van der Waals surface area contributed by atoms with E-state index in [2.05, 4.69) is 10.6 Å². The molecular formula is C19H30N4O2. The Balaban J connectivity index is 1.92. The van der Waals surface area contributed by atoms with E-state index in [1.807, 2.05) is 62.0 Å². The molecule has 2 N–H and O–H groups in total. The van der Waals surface area contributed by atoms with Gasteiger partial charge in [0.2, 0.25) is 5.91 Å². The van der Waals surface area contributed by atoms with Crippen LogP contribution >= 0.6 is 0 Å². The van der Waals surface area contributed by atoms with Gasteiger partial charge in [-0.3, -0.25) is 9.69 Å². The summed E-state index contributed by atoms with van der Waals surface area (Å²) in [7, 11) is 3.83. The van der Waals surface area contributed by atoms with Crippen molar-refractivity contribution in [1.29, 1.82) is 0 Å². The number of hydrogen-bond donors (Lipinski definition) is 2. The number of hydrogen-bond acceptors (Lipinski definition) is 3. The minimum absolute atomic E-state index is 0.0199. The highest BCUT2D eigenvalue weighted by molar-refractivity contribution is 5.89.